The van der Waals surface area contributed by atoms with Crippen molar-refractivity contribution in [3.8, 4) is 0 Å². The van der Waals surface area contributed by atoms with Crippen molar-refractivity contribution in [2.75, 3.05) is 11.4 Å². The Morgan fingerprint density at radius 1 is 1.14 bits per heavy atom. The molecule has 29 heavy (non-hydrogen) atoms. The second kappa shape index (κ2) is 6.86. The van der Waals surface area contributed by atoms with Crippen molar-refractivity contribution in [3.05, 3.63) is 48.0 Å². The predicted molar refractivity (Wildman–Crippen MR) is 111 cm³/mol. The molecule has 2 atom stereocenters. The molecular weight excluding hydrogens is 408 g/mol. The minimum atomic E-state index is -3.86. The molecule has 2 aliphatic rings. The molecule has 1 saturated heterocycles. The first-order chi connectivity index (χ1) is 14.0. The fourth-order valence-corrected chi connectivity index (χ4v) is 6.86. The van der Waals surface area contributed by atoms with Crippen LogP contribution >= 0.6 is 11.7 Å². The summed E-state index contributed by atoms with van der Waals surface area (Å²) in [5.41, 5.74) is 2.94. The zero-order chi connectivity index (χ0) is 20.2. The van der Waals surface area contributed by atoms with E-state index in [1.165, 1.54) is 4.31 Å². The van der Waals surface area contributed by atoms with Gasteiger partial charge in [0.2, 0.25) is 15.9 Å². The summed E-state index contributed by atoms with van der Waals surface area (Å²) in [5.74, 6) is -0.146. The first kappa shape index (κ1) is 18.7. The number of carbonyl (C=O) groups is 1. The van der Waals surface area contributed by atoms with Crippen molar-refractivity contribution in [2.45, 2.75) is 43.2 Å². The van der Waals surface area contributed by atoms with E-state index >= 15 is 0 Å². The van der Waals surface area contributed by atoms with E-state index in [1.807, 2.05) is 31.2 Å². The third-order valence-corrected chi connectivity index (χ3v) is 8.25. The van der Waals surface area contributed by atoms with E-state index in [2.05, 4.69) is 8.75 Å². The fourth-order valence-electron chi connectivity index (χ4n) is 4.45. The Balaban J connectivity index is 1.52. The van der Waals surface area contributed by atoms with Gasteiger partial charge in [-0.3, -0.25) is 4.79 Å². The Morgan fingerprint density at radius 3 is 2.83 bits per heavy atom. The SMILES string of the molecule is C[C@H]1Cc2ccccc2N1C(=O)[C@H]1CCCN1S(=O)(=O)c1cccc2nsnc12. The Labute approximate surface area is 173 Å². The van der Waals surface area contributed by atoms with Gasteiger partial charge in [0.25, 0.3) is 0 Å². The smallest absolute Gasteiger partial charge is 0.246 e. The van der Waals surface area contributed by atoms with Gasteiger partial charge in [0.05, 0.1) is 11.7 Å². The number of para-hydroxylation sites is 1. The predicted octanol–water partition coefficient (Wildman–Crippen LogP) is 2.82. The minimum Gasteiger partial charge on any atom is -0.308 e. The quantitative estimate of drug-likeness (QED) is 0.641. The molecule has 0 saturated carbocycles. The number of nitrogens with zero attached hydrogens (tertiary/aromatic N) is 4. The second-order valence-electron chi connectivity index (χ2n) is 7.55. The van der Waals surface area contributed by atoms with Crippen molar-refractivity contribution in [1.82, 2.24) is 13.1 Å². The standard InChI is InChI=1S/C20H20N4O3S2/c1-13-12-14-6-2-3-8-16(14)24(13)20(25)17-9-5-11-23(17)29(26,27)18-10-4-7-15-19(18)22-28-21-15/h2-4,6-8,10,13,17H,5,9,11-12H2,1H3/t13-,17+/m0/s1. The zero-order valence-electron chi connectivity index (χ0n) is 15.9. The maximum absolute atomic E-state index is 13.5. The van der Waals surface area contributed by atoms with Crippen LogP contribution in [0.1, 0.15) is 25.3 Å². The van der Waals surface area contributed by atoms with Gasteiger partial charge >= 0.3 is 0 Å². The zero-order valence-corrected chi connectivity index (χ0v) is 17.5. The van der Waals surface area contributed by atoms with E-state index < -0.39 is 16.1 Å². The summed E-state index contributed by atoms with van der Waals surface area (Å²) in [5, 5.41) is 0. The van der Waals surface area contributed by atoms with E-state index in [0.29, 0.717) is 30.4 Å². The lowest BCUT2D eigenvalue weighted by molar-refractivity contribution is -0.121. The van der Waals surface area contributed by atoms with Gasteiger partial charge in [-0.15, -0.1) is 0 Å². The highest BCUT2D eigenvalue weighted by Crippen LogP contribution is 2.36. The normalized spacial score (nSPS) is 22.3. The average Bonchev–Trinajstić information content (AvgIpc) is 3.44. The molecule has 0 aliphatic carbocycles. The largest absolute Gasteiger partial charge is 0.308 e. The van der Waals surface area contributed by atoms with Crippen LogP contribution in [-0.4, -0.2) is 46.0 Å². The van der Waals surface area contributed by atoms with Gasteiger partial charge < -0.3 is 4.90 Å². The van der Waals surface area contributed by atoms with Gasteiger partial charge in [-0.25, -0.2) is 8.42 Å². The van der Waals surface area contributed by atoms with E-state index in [4.69, 9.17) is 0 Å². The van der Waals surface area contributed by atoms with Crippen LogP contribution in [-0.2, 0) is 21.2 Å². The van der Waals surface area contributed by atoms with Crippen LogP contribution in [0.4, 0.5) is 5.69 Å². The maximum Gasteiger partial charge on any atom is 0.246 e. The first-order valence-electron chi connectivity index (χ1n) is 9.62. The van der Waals surface area contributed by atoms with Gasteiger partial charge in [0.1, 0.15) is 22.0 Å². The number of amides is 1. The highest BCUT2D eigenvalue weighted by atomic mass is 32.2. The number of fused-ring (bicyclic) bond motifs is 2. The summed E-state index contributed by atoms with van der Waals surface area (Å²) in [6.07, 6.45) is 1.96. The van der Waals surface area contributed by atoms with Crippen molar-refractivity contribution in [3.63, 3.8) is 0 Å². The molecule has 2 aliphatic heterocycles. The van der Waals surface area contributed by atoms with Crippen LogP contribution in [0.2, 0.25) is 0 Å². The number of hydrogen-bond acceptors (Lipinski definition) is 6. The molecule has 0 unspecified atom stereocenters. The highest BCUT2D eigenvalue weighted by molar-refractivity contribution is 7.89. The third kappa shape index (κ3) is 2.87. The Kier molecular flexibility index (Phi) is 4.41. The van der Waals surface area contributed by atoms with Crippen LogP contribution in [0, 0.1) is 0 Å². The van der Waals surface area contributed by atoms with Crippen LogP contribution < -0.4 is 4.90 Å². The van der Waals surface area contributed by atoms with E-state index in [-0.39, 0.29) is 16.8 Å². The molecule has 2 aromatic carbocycles. The monoisotopic (exact) mass is 428 g/mol. The Hall–Kier alpha value is -2.36. The molecule has 0 N–H and O–H groups in total. The van der Waals surface area contributed by atoms with Crippen molar-refractivity contribution >= 4 is 44.4 Å². The summed E-state index contributed by atoms with van der Waals surface area (Å²) in [7, 11) is -3.86. The van der Waals surface area contributed by atoms with Crippen LogP contribution in [0.5, 0.6) is 0 Å². The maximum atomic E-state index is 13.5. The lowest BCUT2D eigenvalue weighted by Gasteiger charge is -2.30. The Bertz CT molecular complexity index is 1210. The number of carbonyl (C=O) groups excluding carboxylic acids is 1. The summed E-state index contributed by atoms with van der Waals surface area (Å²) in [6.45, 7) is 2.34. The lowest BCUT2D eigenvalue weighted by atomic mass is 10.1. The molecular formula is C20H20N4O3S2. The fraction of sp³-hybridized carbons (Fsp3) is 0.350. The van der Waals surface area contributed by atoms with Crippen LogP contribution in [0.25, 0.3) is 11.0 Å². The molecule has 150 valence electrons. The minimum absolute atomic E-state index is 0.0104. The number of hydrogen-bond donors (Lipinski definition) is 0. The van der Waals surface area contributed by atoms with Crippen LogP contribution in [0.15, 0.2) is 47.4 Å². The van der Waals surface area contributed by atoms with E-state index in [9.17, 15) is 13.2 Å². The molecule has 5 rings (SSSR count). The molecule has 0 bridgehead atoms. The van der Waals surface area contributed by atoms with E-state index in [0.717, 1.165) is 29.4 Å². The van der Waals surface area contributed by atoms with E-state index in [1.54, 1.807) is 23.1 Å². The van der Waals surface area contributed by atoms with Crippen molar-refractivity contribution in [1.29, 1.82) is 0 Å². The number of rotatable bonds is 3. The van der Waals surface area contributed by atoms with Gasteiger partial charge in [0, 0.05) is 18.3 Å². The third-order valence-electron chi connectivity index (χ3n) is 5.77. The van der Waals surface area contributed by atoms with Gasteiger partial charge in [-0.05, 0) is 49.9 Å². The highest BCUT2D eigenvalue weighted by Gasteiger charge is 2.44. The van der Waals surface area contributed by atoms with Gasteiger partial charge in [-0.1, -0.05) is 24.3 Å². The molecule has 0 radical (unpaired) electrons. The topological polar surface area (TPSA) is 83.5 Å². The molecule has 1 aromatic heterocycles. The molecule has 1 fully saturated rings. The summed E-state index contributed by atoms with van der Waals surface area (Å²) >= 11 is 0.988. The first-order valence-corrected chi connectivity index (χ1v) is 11.8. The average molecular weight is 429 g/mol. The van der Waals surface area contributed by atoms with Crippen molar-refractivity contribution in [2.24, 2.45) is 0 Å². The van der Waals surface area contributed by atoms with Gasteiger partial charge in [0.15, 0.2) is 0 Å². The molecule has 9 heteroatoms. The number of aromatic nitrogens is 2. The molecule has 1 amide bonds. The summed E-state index contributed by atoms with van der Waals surface area (Å²) in [4.78, 5) is 15.4. The van der Waals surface area contributed by atoms with Crippen molar-refractivity contribution < 1.29 is 13.2 Å². The molecule has 3 aromatic rings. The molecule has 0 spiro atoms. The summed E-state index contributed by atoms with van der Waals surface area (Å²) in [6, 6.07) is 12.1. The van der Waals surface area contributed by atoms with Gasteiger partial charge in [-0.2, -0.15) is 13.1 Å². The number of benzene rings is 2. The van der Waals surface area contributed by atoms with Crippen LogP contribution in [0.3, 0.4) is 0 Å². The molecule has 3 heterocycles. The number of sulfonamides is 1. The summed E-state index contributed by atoms with van der Waals surface area (Å²) < 4.78 is 36.7. The Morgan fingerprint density at radius 2 is 1.97 bits per heavy atom. The molecule has 7 nitrogen and oxygen atoms in total. The second-order valence-corrected chi connectivity index (χ2v) is 9.94. The number of anilines is 1. The lowest BCUT2D eigenvalue weighted by Crippen LogP contribution is -2.49.